The monoisotopic (exact) mass is 328 g/mol. The number of benzene rings is 1. The molecule has 0 saturated carbocycles. The van der Waals surface area contributed by atoms with Crippen LogP contribution >= 0.6 is 0 Å². The first-order chi connectivity index (χ1) is 10.1. The Morgan fingerprint density at radius 1 is 1.23 bits per heavy atom. The molecule has 0 aliphatic heterocycles. The molecule has 1 atom stereocenters. The van der Waals surface area contributed by atoms with Gasteiger partial charge in [0.25, 0.3) is 5.91 Å². The van der Waals surface area contributed by atoms with Gasteiger partial charge in [0.2, 0.25) is 10.0 Å². The molecule has 0 spiro atoms. The summed E-state index contributed by atoms with van der Waals surface area (Å²) in [6.45, 7) is 4.83. The van der Waals surface area contributed by atoms with E-state index in [1.807, 2.05) is 0 Å². The molecule has 0 aliphatic rings. The highest BCUT2D eigenvalue weighted by Crippen LogP contribution is 2.12. The van der Waals surface area contributed by atoms with E-state index in [0.717, 1.165) is 0 Å². The Kier molecular flexibility index (Phi) is 6.07. The normalized spacial score (nSPS) is 12.9. The number of amides is 1. The van der Waals surface area contributed by atoms with Gasteiger partial charge < -0.3 is 10.4 Å². The minimum atomic E-state index is -3.68. The molecular weight excluding hydrogens is 308 g/mol. The third kappa shape index (κ3) is 5.12. The summed E-state index contributed by atoms with van der Waals surface area (Å²) < 4.78 is 26.5. The number of nitrogens with one attached hydrogen (secondary N) is 2. The Labute approximate surface area is 129 Å². The molecule has 1 unspecified atom stereocenters. The SMILES string of the molecule is CC(C)NS(=O)(=O)c1cccc(C(=O)NCC(C)C(=O)O)c1. The van der Waals surface area contributed by atoms with Gasteiger partial charge in [0.15, 0.2) is 0 Å². The molecule has 0 aromatic heterocycles. The van der Waals surface area contributed by atoms with Gasteiger partial charge in [-0.25, -0.2) is 13.1 Å². The third-order valence-electron chi connectivity index (χ3n) is 2.79. The Morgan fingerprint density at radius 3 is 2.41 bits per heavy atom. The third-order valence-corrected chi connectivity index (χ3v) is 4.44. The fourth-order valence-electron chi connectivity index (χ4n) is 1.62. The lowest BCUT2D eigenvalue weighted by atomic mass is 10.1. The van der Waals surface area contributed by atoms with Gasteiger partial charge in [0.1, 0.15) is 0 Å². The Morgan fingerprint density at radius 2 is 1.86 bits per heavy atom. The molecule has 3 N–H and O–H groups in total. The molecule has 1 amide bonds. The zero-order chi connectivity index (χ0) is 16.9. The van der Waals surface area contributed by atoms with Crippen LogP contribution in [0.4, 0.5) is 0 Å². The lowest BCUT2D eigenvalue weighted by Crippen LogP contribution is -2.32. The van der Waals surface area contributed by atoms with Gasteiger partial charge in [0, 0.05) is 18.2 Å². The van der Waals surface area contributed by atoms with Crippen LogP contribution < -0.4 is 10.0 Å². The van der Waals surface area contributed by atoms with Crippen LogP contribution in [0.1, 0.15) is 31.1 Å². The molecule has 0 bridgehead atoms. The van der Waals surface area contributed by atoms with Gasteiger partial charge in [-0.3, -0.25) is 9.59 Å². The van der Waals surface area contributed by atoms with Crippen LogP contribution in [-0.2, 0) is 14.8 Å². The second-order valence-electron chi connectivity index (χ2n) is 5.25. The Bertz CT molecular complexity index is 655. The van der Waals surface area contributed by atoms with Crippen molar-refractivity contribution in [2.75, 3.05) is 6.54 Å². The summed E-state index contributed by atoms with van der Waals surface area (Å²) in [6.07, 6.45) is 0. The minimum Gasteiger partial charge on any atom is -0.481 e. The standard InChI is InChI=1S/C14H20N2O5S/c1-9(2)16-22(20,21)12-6-4-5-11(7-12)13(17)15-8-10(3)14(18)19/h4-7,9-10,16H,8H2,1-3H3,(H,15,17)(H,18,19). The maximum Gasteiger partial charge on any atom is 0.308 e. The number of carbonyl (C=O) groups excluding carboxylic acids is 1. The van der Waals surface area contributed by atoms with Crippen molar-refractivity contribution in [1.29, 1.82) is 0 Å². The molecular formula is C14H20N2O5S. The summed E-state index contributed by atoms with van der Waals surface area (Å²) in [5.74, 6) is -2.26. The number of sulfonamides is 1. The lowest BCUT2D eigenvalue weighted by Gasteiger charge is -2.11. The zero-order valence-electron chi connectivity index (χ0n) is 12.7. The summed E-state index contributed by atoms with van der Waals surface area (Å²) in [7, 11) is -3.68. The molecule has 0 saturated heterocycles. The first-order valence-corrected chi connectivity index (χ1v) is 8.25. The van der Waals surface area contributed by atoms with E-state index >= 15 is 0 Å². The Hall–Kier alpha value is -1.93. The number of carboxylic acids is 1. The second kappa shape index (κ2) is 7.37. The van der Waals surface area contributed by atoms with Crippen LogP contribution in [0.15, 0.2) is 29.2 Å². The average molecular weight is 328 g/mol. The van der Waals surface area contributed by atoms with E-state index in [4.69, 9.17) is 5.11 Å². The summed E-state index contributed by atoms with van der Waals surface area (Å²) >= 11 is 0. The van der Waals surface area contributed by atoms with Crippen molar-refractivity contribution in [3.05, 3.63) is 29.8 Å². The van der Waals surface area contributed by atoms with Crippen molar-refractivity contribution >= 4 is 21.9 Å². The minimum absolute atomic E-state index is 0.0138. The molecule has 0 aliphatic carbocycles. The van der Waals surface area contributed by atoms with Crippen molar-refractivity contribution in [3.8, 4) is 0 Å². The molecule has 0 heterocycles. The number of aliphatic carboxylic acids is 1. The van der Waals surface area contributed by atoms with Crippen molar-refractivity contribution < 1.29 is 23.1 Å². The molecule has 8 heteroatoms. The van der Waals surface area contributed by atoms with Gasteiger partial charge in [-0.2, -0.15) is 0 Å². The highest BCUT2D eigenvalue weighted by molar-refractivity contribution is 7.89. The first-order valence-electron chi connectivity index (χ1n) is 6.77. The van der Waals surface area contributed by atoms with Crippen LogP contribution in [0, 0.1) is 5.92 Å². The highest BCUT2D eigenvalue weighted by Gasteiger charge is 2.18. The quantitative estimate of drug-likeness (QED) is 0.686. The average Bonchev–Trinajstić information content (AvgIpc) is 2.43. The van der Waals surface area contributed by atoms with Crippen LogP contribution in [0.25, 0.3) is 0 Å². The first kappa shape index (κ1) is 18.1. The van der Waals surface area contributed by atoms with Crippen LogP contribution in [0.2, 0.25) is 0 Å². The number of carboxylic acid groups (broad SMARTS) is 1. The molecule has 1 rings (SSSR count). The van der Waals surface area contributed by atoms with E-state index in [9.17, 15) is 18.0 Å². The number of carbonyl (C=O) groups is 2. The fraction of sp³-hybridized carbons (Fsp3) is 0.429. The molecule has 0 fully saturated rings. The predicted molar refractivity (Wildman–Crippen MR) is 81.0 cm³/mol. The summed E-state index contributed by atoms with van der Waals surface area (Å²) in [5.41, 5.74) is 0.157. The van der Waals surface area contributed by atoms with E-state index in [1.54, 1.807) is 13.8 Å². The topological polar surface area (TPSA) is 113 Å². The van der Waals surface area contributed by atoms with Crippen molar-refractivity contribution in [2.45, 2.75) is 31.7 Å². The highest BCUT2D eigenvalue weighted by atomic mass is 32.2. The molecule has 0 radical (unpaired) electrons. The summed E-state index contributed by atoms with van der Waals surface area (Å²) in [6, 6.07) is 5.31. The number of hydrogen-bond donors (Lipinski definition) is 3. The van der Waals surface area contributed by atoms with E-state index in [1.165, 1.54) is 31.2 Å². The summed E-state index contributed by atoms with van der Waals surface area (Å²) in [4.78, 5) is 22.6. The summed E-state index contributed by atoms with van der Waals surface area (Å²) in [5, 5.41) is 11.2. The second-order valence-corrected chi connectivity index (χ2v) is 6.97. The Balaban J connectivity index is 2.88. The number of hydrogen-bond acceptors (Lipinski definition) is 4. The molecule has 1 aromatic rings. The van der Waals surface area contributed by atoms with Crippen molar-refractivity contribution in [2.24, 2.45) is 5.92 Å². The van der Waals surface area contributed by atoms with Gasteiger partial charge in [-0.1, -0.05) is 13.0 Å². The zero-order valence-corrected chi connectivity index (χ0v) is 13.5. The molecule has 22 heavy (non-hydrogen) atoms. The van der Waals surface area contributed by atoms with Crippen molar-refractivity contribution in [1.82, 2.24) is 10.0 Å². The van der Waals surface area contributed by atoms with Gasteiger partial charge in [0.05, 0.1) is 10.8 Å². The van der Waals surface area contributed by atoms with E-state index in [2.05, 4.69) is 10.0 Å². The van der Waals surface area contributed by atoms with Crippen LogP contribution in [-0.4, -0.2) is 38.0 Å². The molecule has 1 aromatic carbocycles. The smallest absolute Gasteiger partial charge is 0.308 e. The maximum absolute atomic E-state index is 12.1. The van der Waals surface area contributed by atoms with Crippen molar-refractivity contribution in [3.63, 3.8) is 0 Å². The maximum atomic E-state index is 12.1. The largest absolute Gasteiger partial charge is 0.481 e. The van der Waals surface area contributed by atoms with E-state index < -0.39 is 27.8 Å². The van der Waals surface area contributed by atoms with Gasteiger partial charge >= 0.3 is 5.97 Å². The molecule has 122 valence electrons. The van der Waals surface area contributed by atoms with E-state index in [-0.39, 0.29) is 23.0 Å². The predicted octanol–water partition coefficient (Wildman–Crippen LogP) is 0.824. The van der Waals surface area contributed by atoms with E-state index in [0.29, 0.717) is 0 Å². The molecule has 7 nitrogen and oxygen atoms in total. The lowest BCUT2D eigenvalue weighted by molar-refractivity contribution is -0.140. The van der Waals surface area contributed by atoms with Gasteiger partial charge in [-0.05, 0) is 32.0 Å². The fourth-order valence-corrected chi connectivity index (χ4v) is 2.91. The number of rotatable bonds is 7. The van der Waals surface area contributed by atoms with Crippen LogP contribution in [0.3, 0.4) is 0 Å². The van der Waals surface area contributed by atoms with Crippen LogP contribution in [0.5, 0.6) is 0 Å². The van der Waals surface area contributed by atoms with Gasteiger partial charge in [-0.15, -0.1) is 0 Å².